The largest absolute Gasteiger partial charge is 0.459 e. The van der Waals surface area contributed by atoms with E-state index in [0.717, 1.165) is 22.3 Å². The molecule has 0 spiro atoms. The third-order valence-corrected chi connectivity index (χ3v) is 4.73. The Kier molecular flexibility index (Phi) is 6.55. The summed E-state index contributed by atoms with van der Waals surface area (Å²) in [4.78, 5) is 16.3. The van der Waals surface area contributed by atoms with E-state index < -0.39 is 0 Å². The number of rotatable bonds is 6. The Morgan fingerprint density at radius 2 is 1.75 bits per heavy atom. The van der Waals surface area contributed by atoms with Crippen LogP contribution in [0, 0.1) is 6.92 Å². The van der Waals surface area contributed by atoms with Crippen LogP contribution in [0.5, 0.6) is 0 Å². The molecule has 146 valence electrons. The van der Waals surface area contributed by atoms with Gasteiger partial charge < -0.3 is 20.4 Å². The minimum Gasteiger partial charge on any atom is -0.459 e. The average Bonchev–Trinajstić information content (AvgIpc) is 3.03. The normalized spacial score (nSPS) is 11.5. The fourth-order valence-corrected chi connectivity index (χ4v) is 3.10. The molecular formula is C21H23ClN4O2. The molecular weight excluding hydrogens is 376 g/mol. The molecule has 0 saturated carbocycles. The molecule has 7 heteroatoms. The number of nitrogens with one attached hydrogen (secondary N) is 3. The average molecular weight is 399 g/mol. The zero-order valence-corrected chi connectivity index (χ0v) is 16.6. The molecule has 0 aliphatic heterocycles. The number of amides is 1. The van der Waals surface area contributed by atoms with E-state index in [9.17, 15) is 4.79 Å². The third-order valence-electron chi connectivity index (χ3n) is 4.40. The zero-order valence-electron chi connectivity index (χ0n) is 15.9. The Hall–Kier alpha value is -2.99. The zero-order chi connectivity index (χ0) is 19.9. The SMILES string of the molecule is CN=C(NCCNC(=O)c1ccccc1Cl)NCc1oc2ccccc2c1C. The summed E-state index contributed by atoms with van der Waals surface area (Å²) in [6.07, 6.45) is 0. The number of aryl methyl sites for hydroxylation is 1. The lowest BCUT2D eigenvalue weighted by atomic mass is 10.1. The molecule has 3 aromatic rings. The lowest BCUT2D eigenvalue weighted by Gasteiger charge is -2.12. The molecule has 2 aromatic carbocycles. The molecule has 0 aliphatic rings. The molecule has 0 bridgehead atoms. The summed E-state index contributed by atoms with van der Waals surface area (Å²) in [5.41, 5.74) is 2.46. The van der Waals surface area contributed by atoms with E-state index in [-0.39, 0.29) is 5.91 Å². The maximum Gasteiger partial charge on any atom is 0.252 e. The number of fused-ring (bicyclic) bond motifs is 1. The number of halogens is 1. The van der Waals surface area contributed by atoms with Gasteiger partial charge in [0.15, 0.2) is 5.96 Å². The number of hydrogen-bond acceptors (Lipinski definition) is 3. The second-order valence-corrected chi connectivity index (χ2v) is 6.64. The first-order valence-electron chi connectivity index (χ1n) is 9.04. The number of aliphatic imine (C=N–C) groups is 1. The van der Waals surface area contributed by atoms with Crippen molar-refractivity contribution in [1.82, 2.24) is 16.0 Å². The van der Waals surface area contributed by atoms with E-state index in [2.05, 4.69) is 20.9 Å². The molecule has 3 N–H and O–H groups in total. The first kappa shape index (κ1) is 19.8. The van der Waals surface area contributed by atoms with E-state index in [1.807, 2.05) is 31.2 Å². The Labute approximate surface area is 169 Å². The highest BCUT2D eigenvalue weighted by atomic mass is 35.5. The predicted octanol–water partition coefficient (Wildman–Crippen LogP) is 3.49. The molecule has 0 atom stereocenters. The number of benzene rings is 2. The second-order valence-electron chi connectivity index (χ2n) is 6.23. The van der Waals surface area contributed by atoms with Gasteiger partial charge in [0.2, 0.25) is 0 Å². The van der Waals surface area contributed by atoms with Crippen molar-refractivity contribution in [2.75, 3.05) is 20.1 Å². The van der Waals surface area contributed by atoms with Gasteiger partial charge in [0.1, 0.15) is 11.3 Å². The first-order valence-corrected chi connectivity index (χ1v) is 9.42. The van der Waals surface area contributed by atoms with E-state index in [1.165, 1.54) is 0 Å². The van der Waals surface area contributed by atoms with E-state index in [1.54, 1.807) is 31.3 Å². The molecule has 0 saturated heterocycles. The van der Waals surface area contributed by atoms with Gasteiger partial charge in [-0.1, -0.05) is 41.9 Å². The Bertz CT molecular complexity index is 997. The summed E-state index contributed by atoms with van der Waals surface area (Å²) >= 11 is 6.03. The second kappa shape index (κ2) is 9.28. The molecule has 3 rings (SSSR count). The van der Waals surface area contributed by atoms with Gasteiger partial charge in [0, 0.05) is 31.1 Å². The van der Waals surface area contributed by atoms with Crippen LogP contribution in [0.3, 0.4) is 0 Å². The van der Waals surface area contributed by atoms with E-state index in [4.69, 9.17) is 16.0 Å². The van der Waals surface area contributed by atoms with E-state index >= 15 is 0 Å². The summed E-state index contributed by atoms with van der Waals surface area (Å²) in [5.74, 6) is 1.30. The van der Waals surface area contributed by atoms with Gasteiger partial charge in [-0.15, -0.1) is 0 Å². The van der Waals surface area contributed by atoms with Gasteiger partial charge in [-0.05, 0) is 25.1 Å². The summed E-state index contributed by atoms with van der Waals surface area (Å²) in [5, 5.41) is 10.8. The van der Waals surface area contributed by atoms with Crippen molar-refractivity contribution in [3.05, 3.63) is 70.4 Å². The fraction of sp³-hybridized carbons (Fsp3) is 0.238. The Balaban J connectivity index is 1.46. The van der Waals surface area contributed by atoms with Crippen LogP contribution in [-0.4, -0.2) is 32.0 Å². The molecule has 0 unspecified atom stereocenters. The highest BCUT2D eigenvalue weighted by Crippen LogP contribution is 2.24. The summed E-state index contributed by atoms with van der Waals surface area (Å²) in [7, 11) is 1.70. The van der Waals surface area contributed by atoms with Crippen molar-refractivity contribution in [3.8, 4) is 0 Å². The number of para-hydroxylation sites is 1. The quantitative estimate of drug-likeness (QED) is 0.337. The van der Waals surface area contributed by atoms with Gasteiger partial charge in [0.25, 0.3) is 5.91 Å². The van der Waals surface area contributed by atoms with Gasteiger partial charge in [0.05, 0.1) is 17.1 Å². The van der Waals surface area contributed by atoms with Crippen LogP contribution in [0.4, 0.5) is 0 Å². The molecule has 0 radical (unpaired) electrons. The number of nitrogens with zero attached hydrogens (tertiary/aromatic N) is 1. The highest BCUT2D eigenvalue weighted by molar-refractivity contribution is 6.33. The maximum absolute atomic E-state index is 12.1. The van der Waals surface area contributed by atoms with E-state index in [0.29, 0.717) is 36.2 Å². The maximum atomic E-state index is 12.1. The van der Waals surface area contributed by atoms with Crippen molar-refractivity contribution in [2.24, 2.45) is 4.99 Å². The number of carbonyl (C=O) groups is 1. The molecule has 0 aliphatic carbocycles. The predicted molar refractivity (Wildman–Crippen MR) is 113 cm³/mol. The fourth-order valence-electron chi connectivity index (χ4n) is 2.88. The van der Waals surface area contributed by atoms with Crippen LogP contribution < -0.4 is 16.0 Å². The summed E-state index contributed by atoms with van der Waals surface area (Å²) in [6.45, 7) is 3.53. The molecule has 1 heterocycles. The van der Waals surface area contributed by atoms with Crippen molar-refractivity contribution >= 4 is 34.4 Å². The van der Waals surface area contributed by atoms with Crippen LogP contribution in [0.2, 0.25) is 5.02 Å². The minimum atomic E-state index is -0.201. The molecule has 28 heavy (non-hydrogen) atoms. The summed E-state index contributed by atoms with van der Waals surface area (Å²) < 4.78 is 5.90. The minimum absolute atomic E-state index is 0.201. The number of hydrogen-bond donors (Lipinski definition) is 3. The molecule has 0 fully saturated rings. The van der Waals surface area contributed by atoms with Crippen molar-refractivity contribution in [1.29, 1.82) is 0 Å². The first-order chi connectivity index (χ1) is 13.6. The van der Waals surface area contributed by atoms with Crippen LogP contribution in [-0.2, 0) is 6.54 Å². The van der Waals surface area contributed by atoms with Gasteiger partial charge in [-0.3, -0.25) is 9.79 Å². The lowest BCUT2D eigenvalue weighted by molar-refractivity contribution is 0.0954. The van der Waals surface area contributed by atoms with Crippen LogP contribution in [0.1, 0.15) is 21.7 Å². The molecule has 1 aromatic heterocycles. The third kappa shape index (κ3) is 4.64. The lowest BCUT2D eigenvalue weighted by Crippen LogP contribution is -2.41. The molecule has 6 nitrogen and oxygen atoms in total. The Morgan fingerprint density at radius 3 is 2.50 bits per heavy atom. The van der Waals surface area contributed by atoms with Crippen LogP contribution >= 0.6 is 11.6 Å². The van der Waals surface area contributed by atoms with Gasteiger partial charge in [-0.25, -0.2) is 0 Å². The van der Waals surface area contributed by atoms with Crippen molar-refractivity contribution < 1.29 is 9.21 Å². The number of carbonyl (C=O) groups excluding carboxylic acids is 1. The highest BCUT2D eigenvalue weighted by Gasteiger charge is 2.11. The van der Waals surface area contributed by atoms with Crippen LogP contribution in [0.15, 0.2) is 57.9 Å². The van der Waals surface area contributed by atoms with Crippen molar-refractivity contribution in [3.63, 3.8) is 0 Å². The number of furan rings is 1. The van der Waals surface area contributed by atoms with Crippen LogP contribution in [0.25, 0.3) is 11.0 Å². The smallest absolute Gasteiger partial charge is 0.252 e. The topological polar surface area (TPSA) is 78.7 Å². The van der Waals surface area contributed by atoms with Gasteiger partial charge in [-0.2, -0.15) is 0 Å². The molecule has 1 amide bonds. The number of guanidine groups is 1. The Morgan fingerprint density at radius 1 is 1.04 bits per heavy atom. The van der Waals surface area contributed by atoms with Crippen molar-refractivity contribution in [2.45, 2.75) is 13.5 Å². The standard InChI is InChI=1S/C21H23ClN4O2/c1-14-15-7-4-6-10-18(15)28-19(14)13-26-21(23-2)25-12-11-24-20(27)16-8-3-5-9-17(16)22/h3-10H,11-13H2,1-2H3,(H,24,27)(H2,23,25,26). The monoisotopic (exact) mass is 398 g/mol. The summed E-state index contributed by atoms with van der Waals surface area (Å²) in [6, 6.07) is 14.9. The van der Waals surface area contributed by atoms with Gasteiger partial charge >= 0.3 is 0 Å².